The Morgan fingerprint density at radius 1 is 1.35 bits per heavy atom. The van der Waals surface area contributed by atoms with Crippen LogP contribution < -0.4 is 4.74 Å². The highest BCUT2D eigenvalue weighted by Gasteiger charge is 2.31. The van der Waals surface area contributed by atoms with E-state index in [4.69, 9.17) is 16.3 Å². The van der Waals surface area contributed by atoms with Crippen molar-refractivity contribution in [3.63, 3.8) is 0 Å². The van der Waals surface area contributed by atoms with E-state index in [-0.39, 0.29) is 16.7 Å². The third-order valence-electron chi connectivity index (χ3n) is 2.95. The van der Waals surface area contributed by atoms with E-state index in [2.05, 4.69) is 20.9 Å². The number of nitrogens with zero attached hydrogens (tertiary/aromatic N) is 1. The molecule has 1 heterocycles. The summed E-state index contributed by atoms with van der Waals surface area (Å²) in [5, 5.41) is 0.137. The molecular formula is C15H10BrClF3NO2. The highest BCUT2D eigenvalue weighted by atomic mass is 79.9. The zero-order valence-electron chi connectivity index (χ0n) is 11.7. The second-order valence-electron chi connectivity index (χ2n) is 4.62. The number of hydrogen-bond acceptors (Lipinski definition) is 3. The smallest absolute Gasteiger partial charge is 0.417 e. The van der Waals surface area contributed by atoms with Crippen molar-refractivity contribution in [2.24, 2.45) is 0 Å². The third kappa shape index (κ3) is 4.23. The first kappa shape index (κ1) is 17.7. The van der Waals surface area contributed by atoms with Gasteiger partial charge in [0.15, 0.2) is 5.78 Å². The summed E-state index contributed by atoms with van der Waals surface area (Å²) < 4.78 is 43.2. The SMILES string of the molecule is CC(=O)c1ccc(Oc2ncc(C(F)(F)F)cc2Cl)c(CBr)c1. The van der Waals surface area contributed by atoms with Crippen LogP contribution in [0.25, 0.3) is 0 Å². The van der Waals surface area contributed by atoms with Crippen LogP contribution in [0.5, 0.6) is 11.6 Å². The van der Waals surface area contributed by atoms with Crippen molar-refractivity contribution in [1.29, 1.82) is 0 Å². The Balaban J connectivity index is 2.34. The van der Waals surface area contributed by atoms with Crippen LogP contribution in [0.2, 0.25) is 5.02 Å². The zero-order valence-corrected chi connectivity index (χ0v) is 14.1. The third-order valence-corrected chi connectivity index (χ3v) is 3.83. The largest absolute Gasteiger partial charge is 0.437 e. The second-order valence-corrected chi connectivity index (χ2v) is 5.59. The van der Waals surface area contributed by atoms with Crippen molar-refractivity contribution >= 4 is 33.3 Å². The minimum atomic E-state index is -4.53. The molecule has 0 aliphatic carbocycles. The lowest BCUT2D eigenvalue weighted by Gasteiger charge is -2.12. The molecule has 0 aliphatic heterocycles. The summed E-state index contributed by atoms with van der Waals surface area (Å²) in [6.45, 7) is 1.43. The van der Waals surface area contributed by atoms with Crippen LogP contribution in [0.1, 0.15) is 28.4 Å². The average Bonchev–Trinajstić information content (AvgIpc) is 2.48. The van der Waals surface area contributed by atoms with Crippen molar-refractivity contribution in [2.75, 3.05) is 0 Å². The number of carbonyl (C=O) groups excluding carboxylic acids is 1. The highest BCUT2D eigenvalue weighted by molar-refractivity contribution is 9.08. The predicted octanol–water partition coefficient (Wildman–Crippen LogP) is 5.64. The summed E-state index contributed by atoms with van der Waals surface area (Å²) in [6.07, 6.45) is -3.88. The number of aromatic nitrogens is 1. The first-order valence-corrected chi connectivity index (χ1v) is 7.82. The van der Waals surface area contributed by atoms with E-state index in [9.17, 15) is 18.0 Å². The molecule has 0 unspecified atom stereocenters. The Morgan fingerprint density at radius 3 is 2.57 bits per heavy atom. The van der Waals surface area contributed by atoms with Gasteiger partial charge in [-0.1, -0.05) is 27.5 Å². The van der Waals surface area contributed by atoms with E-state index in [0.717, 1.165) is 6.07 Å². The maximum absolute atomic E-state index is 12.6. The minimum absolute atomic E-state index is 0.107. The molecule has 0 atom stereocenters. The Labute approximate surface area is 143 Å². The number of Topliss-reactive ketones (excluding diaryl/α,β-unsaturated/α-hetero) is 1. The van der Waals surface area contributed by atoms with Crippen LogP contribution in [0.15, 0.2) is 30.5 Å². The van der Waals surface area contributed by atoms with Gasteiger partial charge in [0.05, 0.1) is 5.56 Å². The molecule has 0 amide bonds. The highest BCUT2D eigenvalue weighted by Crippen LogP contribution is 2.35. The maximum Gasteiger partial charge on any atom is 0.417 e. The van der Waals surface area contributed by atoms with Crippen LogP contribution in [0.3, 0.4) is 0 Å². The van der Waals surface area contributed by atoms with Crippen LogP contribution in [0, 0.1) is 0 Å². The van der Waals surface area contributed by atoms with Gasteiger partial charge in [0.2, 0.25) is 5.88 Å². The molecule has 0 aliphatic rings. The maximum atomic E-state index is 12.6. The van der Waals surface area contributed by atoms with Crippen LogP contribution in [0.4, 0.5) is 13.2 Å². The molecule has 3 nitrogen and oxygen atoms in total. The van der Waals surface area contributed by atoms with E-state index in [0.29, 0.717) is 28.4 Å². The standard InChI is InChI=1S/C15H10BrClF3NO2/c1-8(22)9-2-3-13(10(4-9)6-16)23-14-12(17)5-11(7-21-14)15(18,19)20/h2-5,7H,6H2,1H3. The number of rotatable bonds is 4. The molecule has 2 rings (SSSR count). The fraction of sp³-hybridized carbons (Fsp3) is 0.200. The molecule has 0 bridgehead atoms. The number of hydrogen-bond donors (Lipinski definition) is 0. The number of carbonyl (C=O) groups is 1. The molecule has 0 spiro atoms. The van der Waals surface area contributed by atoms with Gasteiger partial charge in [-0.15, -0.1) is 0 Å². The van der Waals surface area contributed by atoms with Crippen molar-refractivity contribution < 1.29 is 22.7 Å². The van der Waals surface area contributed by atoms with Gasteiger partial charge in [-0.2, -0.15) is 13.2 Å². The summed E-state index contributed by atoms with van der Waals surface area (Å²) in [4.78, 5) is 15.0. The number of alkyl halides is 4. The molecule has 122 valence electrons. The first-order chi connectivity index (χ1) is 10.7. The first-order valence-electron chi connectivity index (χ1n) is 6.32. The Morgan fingerprint density at radius 2 is 2.04 bits per heavy atom. The molecule has 0 N–H and O–H groups in total. The zero-order chi connectivity index (χ0) is 17.2. The number of halogens is 5. The Kier molecular flexibility index (Phi) is 5.31. The van der Waals surface area contributed by atoms with Gasteiger partial charge in [-0.05, 0) is 31.2 Å². The lowest BCUT2D eigenvalue weighted by atomic mass is 10.1. The minimum Gasteiger partial charge on any atom is -0.437 e. The summed E-state index contributed by atoms with van der Waals surface area (Å²) >= 11 is 9.08. The van der Waals surface area contributed by atoms with Crippen molar-refractivity contribution in [1.82, 2.24) is 4.98 Å². The van der Waals surface area contributed by atoms with Crippen LogP contribution >= 0.6 is 27.5 Å². The molecule has 8 heteroatoms. The van der Waals surface area contributed by atoms with Gasteiger partial charge in [0.1, 0.15) is 10.8 Å². The molecule has 1 aromatic carbocycles. The number of ketones is 1. The Bertz CT molecular complexity index is 750. The van der Waals surface area contributed by atoms with E-state index in [1.165, 1.54) is 6.92 Å². The topological polar surface area (TPSA) is 39.2 Å². The van der Waals surface area contributed by atoms with E-state index >= 15 is 0 Å². The van der Waals surface area contributed by atoms with E-state index in [1.54, 1.807) is 18.2 Å². The Hall–Kier alpha value is -1.60. The van der Waals surface area contributed by atoms with E-state index in [1.807, 2.05) is 0 Å². The van der Waals surface area contributed by atoms with Gasteiger partial charge >= 0.3 is 6.18 Å². The lowest BCUT2D eigenvalue weighted by molar-refractivity contribution is -0.137. The van der Waals surface area contributed by atoms with Gasteiger partial charge < -0.3 is 4.74 Å². The quantitative estimate of drug-likeness (QED) is 0.485. The van der Waals surface area contributed by atoms with E-state index < -0.39 is 11.7 Å². The molecule has 1 aromatic heterocycles. The van der Waals surface area contributed by atoms with Crippen LogP contribution in [-0.4, -0.2) is 10.8 Å². The van der Waals surface area contributed by atoms with Crippen molar-refractivity contribution in [2.45, 2.75) is 18.4 Å². The van der Waals surface area contributed by atoms with Gasteiger partial charge in [0, 0.05) is 22.7 Å². The predicted molar refractivity (Wildman–Crippen MR) is 83.4 cm³/mol. The number of ether oxygens (including phenoxy) is 1. The fourth-order valence-corrected chi connectivity index (χ4v) is 2.41. The summed E-state index contributed by atoms with van der Waals surface area (Å²) in [6, 6.07) is 5.48. The fourth-order valence-electron chi connectivity index (χ4n) is 1.76. The normalized spacial score (nSPS) is 11.4. The van der Waals surface area contributed by atoms with Crippen LogP contribution in [-0.2, 0) is 11.5 Å². The monoisotopic (exact) mass is 407 g/mol. The summed E-state index contributed by atoms with van der Waals surface area (Å²) in [5.74, 6) is 0.0999. The number of pyridine rings is 1. The summed E-state index contributed by atoms with van der Waals surface area (Å²) in [7, 11) is 0. The second kappa shape index (κ2) is 6.88. The molecule has 0 saturated heterocycles. The summed E-state index contributed by atoms with van der Waals surface area (Å²) in [5.41, 5.74) is 0.191. The van der Waals surface area contributed by atoms with Gasteiger partial charge in [0.25, 0.3) is 0 Å². The molecular weight excluding hydrogens is 399 g/mol. The molecule has 0 fully saturated rings. The number of benzene rings is 1. The average molecular weight is 409 g/mol. The lowest BCUT2D eigenvalue weighted by Crippen LogP contribution is -2.06. The van der Waals surface area contributed by atoms with Gasteiger partial charge in [-0.25, -0.2) is 4.98 Å². The van der Waals surface area contributed by atoms with Gasteiger partial charge in [-0.3, -0.25) is 4.79 Å². The molecule has 0 radical (unpaired) electrons. The van der Waals surface area contributed by atoms with Crippen molar-refractivity contribution in [3.8, 4) is 11.6 Å². The molecule has 2 aromatic rings. The molecule has 23 heavy (non-hydrogen) atoms. The van der Waals surface area contributed by atoms with Crippen molar-refractivity contribution in [3.05, 3.63) is 52.2 Å². The molecule has 0 saturated carbocycles.